The van der Waals surface area contributed by atoms with Crippen LogP contribution in [-0.4, -0.2) is 29.3 Å². The summed E-state index contributed by atoms with van der Waals surface area (Å²) in [5, 5.41) is 14.3. The van der Waals surface area contributed by atoms with E-state index >= 15 is 0 Å². The van der Waals surface area contributed by atoms with Crippen LogP contribution in [0.25, 0.3) is 0 Å². The second-order valence-electron chi connectivity index (χ2n) is 7.85. The number of aliphatic hydroxyl groups is 1. The van der Waals surface area contributed by atoms with Crippen molar-refractivity contribution in [3.63, 3.8) is 0 Å². The summed E-state index contributed by atoms with van der Waals surface area (Å²) in [6.07, 6.45) is 6.61. The molecule has 0 bridgehead atoms. The average Bonchev–Trinajstić information content (AvgIpc) is 2.79. The third-order valence-electron chi connectivity index (χ3n) is 5.25. The van der Waals surface area contributed by atoms with Crippen molar-refractivity contribution in [1.82, 2.24) is 9.78 Å². The predicted molar refractivity (Wildman–Crippen MR) is 100 cm³/mol. The van der Waals surface area contributed by atoms with Crippen molar-refractivity contribution in [2.24, 2.45) is 0 Å². The fourth-order valence-corrected chi connectivity index (χ4v) is 4.80. The van der Waals surface area contributed by atoms with Crippen LogP contribution in [0.15, 0.2) is 6.20 Å². The van der Waals surface area contributed by atoms with E-state index in [2.05, 4.69) is 61.6 Å². The zero-order valence-electron chi connectivity index (χ0n) is 14.4. The Morgan fingerprint density at radius 3 is 2.41 bits per heavy atom. The quantitative estimate of drug-likeness (QED) is 0.559. The number of hydrogen-bond donors (Lipinski definition) is 1. The van der Waals surface area contributed by atoms with E-state index in [4.69, 9.17) is 4.43 Å². The van der Waals surface area contributed by atoms with Gasteiger partial charge in [-0.2, -0.15) is 5.10 Å². The standard InChI is InChI=1S/C16H29IN2O2Si/c1-16(2,3)22(4,5)21-13-8-6-12(7-9-13)19-15(11-20)14(17)10-18-19/h10,12-13,20H,6-9,11H2,1-5H3/t12-,13-. The summed E-state index contributed by atoms with van der Waals surface area (Å²) in [6.45, 7) is 11.6. The lowest BCUT2D eigenvalue weighted by Crippen LogP contribution is -2.44. The third kappa shape index (κ3) is 3.94. The van der Waals surface area contributed by atoms with Crippen LogP contribution in [0.1, 0.15) is 58.2 Å². The number of aliphatic hydroxyl groups excluding tert-OH is 1. The van der Waals surface area contributed by atoms with Gasteiger partial charge in [0.15, 0.2) is 8.32 Å². The van der Waals surface area contributed by atoms with Crippen LogP contribution in [-0.2, 0) is 11.0 Å². The topological polar surface area (TPSA) is 47.3 Å². The summed E-state index contributed by atoms with van der Waals surface area (Å²) in [5.41, 5.74) is 0.953. The van der Waals surface area contributed by atoms with Crippen LogP contribution >= 0.6 is 22.6 Å². The van der Waals surface area contributed by atoms with Crippen molar-refractivity contribution < 1.29 is 9.53 Å². The number of nitrogens with zero attached hydrogens (tertiary/aromatic N) is 2. The molecule has 0 aromatic carbocycles. The lowest BCUT2D eigenvalue weighted by molar-refractivity contribution is 0.113. The molecule has 1 heterocycles. The van der Waals surface area contributed by atoms with Gasteiger partial charge < -0.3 is 9.53 Å². The molecule has 0 spiro atoms. The van der Waals surface area contributed by atoms with Crippen molar-refractivity contribution in [3.8, 4) is 0 Å². The maximum Gasteiger partial charge on any atom is 0.192 e. The van der Waals surface area contributed by atoms with E-state index in [1.54, 1.807) is 0 Å². The summed E-state index contributed by atoms with van der Waals surface area (Å²) in [4.78, 5) is 0. The molecule has 0 unspecified atom stereocenters. The van der Waals surface area contributed by atoms with Gasteiger partial charge in [0.2, 0.25) is 0 Å². The van der Waals surface area contributed by atoms with Crippen LogP contribution in [0.3, 0.4) is 0 Å². The minimum atomic E-state index is -1.67. The van der Waals surface area contributed by atoms with Gasteiger partial charge in [0.05, 0.1) is 28.1 Å². The Labute approximate surface area is 148 Å². The van der Waals surface area contributed by atoms with Gasteiger partial charge in [-0.25, -0.2) is 0 Å². The number of aromatic nitrogens is 2. The summed E-state index contributed by atoms with van der Waals surface area (Å²) >= 11 is 2.25. The average molecular weight is 436 g/mol. The fourth-order valence-electron chi connectivity index (χ4n) is 2.83. The SMILES string of the molecule is CC(C)(C)[Si](C)(C)O[C@H]1CC[C@H](n2ncc(I)c2CO)CC1. The predicted octanol–water partition coefficient (Wildman–Crippen LogP) is 4.49. The van der Waals surface area contributed by atoms with Crippen LogP contribution in [0.4, 0.5) is 0 Å². The monoisotopic (exact) mass is 436 g/mol. The first kappa shape index (κ1) is 18.4. The van der Waals surface area contributed by atoms with Crippen molar-refractivity contribution in [3.05, 3.63) is 15.5 Å². The summed E-state index contributed by atoms with van der Waals surface area (Å²) in [5.74, 6) is 0. The molecule has 1 aliphatic rings. The molecule has 4 nitrogen and oxygen atoms in total. The number of halogens is 1. The Morgan fingerprint density at radius 1 is 1.32 bits per heavy atom. The van der Waals surface area contributed by atoms with Gasteiger partial charge in [-0.3, -0.25) is 4.68 Å². The van der Waals surface area contributed by atoms with E-state index in [0.717, 1.165) is 34.9 Å². The molecule has 1 saturated carbocycles. The van der Waals surface area contributed by atoms with Crippen molar-refractivity contribution >= 4 is 30.9 Å². The fraction of sp³-hybridized carbons (Fsp3) is 0.812. The highest BCUT2D eigenvalue weighted by Gasteiger charge is 2.40. The second-order valence-corrected chi connectivity index (χ2v) is 13.8. The lowest BCUT2D eigenvalue weighted by atomic mass is 9.93. The Kier molecular flexibility index (Phi) is 5.78. The van der Waals surface area contributed by atoms with E-state index in [1.807, 2.05) is 10.9 Å². The Hall–Kier alpha value is 0.0769. The molecule has 0 atom stereocenters. The van der Waals surface area contributed by atoms with Gasteiger partial charge in [-0.1, -0.05) is 20.8 Å². The molecule has 6 heteroatoms. The molecule has 0 saturated heterocycles. The summed E-state index contributed by atoms with van der Waals surface area (Å²) in [7, 11) is -1.67. The molecule has 1 aromatic rings. The molecule has 1 fully saturated rings. The number of hydrogen-bond acceptors (Lipinski definition) is 3. The van der Waals surface area contributed by atoms with Crippen LogP contribution < -0.4 is 0 Å². The highest BCUT2D eigenvalue weighted by atomic mass is 127. The molecule has 22 heavy (non-hydrogen) atoms. The van der Waals surface area contributed by atoms with Gasteiger partial charge in [-0.15, -0.1) is 0 Å². The third-order valence-corrected chi connectivity index (χ3v) is 10.7. The minimum Gasteiger partial charge on any atom is -0.414 e. The molecule has 0 amide bonds. The van der Waals surface area contributed by atoms with Gasteiger partial charge in [0.1, 0.15) is 0 Å². The van der Waals surface area contributed by atoms with Gasteiger partial charge in [-0.05, 0) is 66.4 Å². The molecule has 1 N–H and O–H groups in total. The van der Waals surface area contributed by atoms with E-state index in [1.165, 1.54) is 0 Å². The summed E-state index contributed by atoms with van der Waals surface area (Å²) in [6, 6.07) is 0.407. The molecule has 0 aliphatic heterocycles. The van der Waals surface area contributed by atoms with E-state index in [9.17, 15) is 5.11 Å². The minimum absolute atomic E-state index is 0.0681. The zero-order valence-corrected chi connectivity index (χ0v) is 17.6. The molecule has 1 aromatic heterocycles. The van der Waals surface area contributed by atoms with E-state index in [-0.39, 0.29) is 11.6 Å². The normalized spacial score (nSPS) is 23.8. The second kappa shape index (κ2) is 6.90. The number of rotatable bonds is 4. The Balaban J connectivity index is 1.96. The van der Waals surface area contributed by atoms with Crippen LogP contribution in [0, 0.1) is 3.57 Å². The van der Waals surface area contributed by atoms with E-state index in [0.29, 0.717) is 12.1 Å². The first-order valence-electron chi connectivity index (χ1n) is 8.16. The molecule has 126 valence electrons. The highest BCUT2D eigenvalue weighted by Crippen LogP contribution is 2.40. The van der Waals surface area contributed by atoms with Crippen molar-refractivity contribution in [1.29, 1.82) is 0 Å². The van der Waals surface area contributed by atoms with Gasteiger partial charge in [0.25, 0.3) is 0 Å². The molecular weight excluding hydrogens is 407 g/mol. The largest absolute Gasteiger partial charge is 0.414 e. The smallest absolute Gasteiger partial charge is 0.192 e. The highest BCUT2D eigenvalue weighted by molar-refractivity contribution is 14.1. The lowest BCUT2D eigenvalue weighted by Gasteiger charge is -2.41. The van der Waals surface area contributed by atoms with E-state index < -0.39 is 8.32 Å². The zero-order chi connectivity index (χ0) is 16.5. The molecule has 1 aliphatic carbocycles. The van der Waals surface area contributed by atoms with Crippen LogP contribution in [0.2, 0.25) is 18.1 Å². The summed E-state index contributed by atoms with van der Waals surface area (Å²) < 4.78 is 9.63. The molecule has 0 radical (unpaired) electrons. The van der Waals surface area contributed by atoms with Crippen molar-refractivity contribution in [2.75, 3.05) is 0 Å². The molecule has 2 rings (SSSR count). The first-order chi connectivity index (χ1) is 10.2. The Bertz CT molecular complexity index is 503. The van der Waals surface area contributed by atoms with Crippen molar-refractivity contribution in [2.45, 2.75) is 83.3 Å². The maximum atomic E-state index is 9.53. The maximum absolute atomic E-state index is 9.53. The Morgan fingerprint density at radius 2 is 1.91 bits per heavy atom. The molecular formula is C16H29IN2O2Si. The van der Waals surface area contributed by atoms with Gasteiger partial charge >= 0.3 is 0 Å². The first-order valence-corrected chi connectivity index (χ1v) is 12.1. The van der Waals surface area contributed by atoms with Gasteiger partial charge in [0, 0.05) is 6.10 Å². The van der Waals surface area contributed by atoms with Crippen LogP contribution in [0.5, 0.6) is 0 Å².